The molecule has 5 heterocycles. The van der Waals surface area contributed by atoms with Gasteiger partial charge in [0.2, 0.25) is 0 Å². The number of hydrogen-bond donors (Lipinski definition) is 2. The van der Waals surface area contributed by atoms with Crippen LogP contribution < -0.4 is 15.4 Å². The topological polar surface area (TPSA) is 138 Å². The largest absolute Gasteiger partial charge is 0.609 e. The number of anilines is 1. The zero-order valence-electron chi connectivity index (χ0n) is 24.1. The summed E-state index contributed by atoms with van der Waals surface area (Å²) in [7, 11) is 0. The Morgan fingerprint density at radius 2 is 2.05 bits per heavy atom. The number of aromatic nitrogens is 5. The SMILES string of the molecule is CCOc1ccn2c(C(=O)Nc3cccc4c3c(C3CC3)nn4Cc3cccc(C)n3)cnc2c1.O=C1CNCC[S+]1[O-]. The van der Waals surface area contributed by atoms with E-state index < -0.39 is 11.2 Å². The third-order valence-corrected chi connectivity index (χ3v) is 8.52. The fourth-order valence-electron chi connectivity index (χ4n) is 5.09. The van der Waals surface area contributed by atoms with E-state index in [9.17, 15) is 14.1 Å². The van der Waals surface area contributed by atoms with Gasteiger partial charge in [-0.1, -0.05) is 12.1 Å². The van der Waals surface area contributed by atoms with Crippen molar-refractivity contribution in [1.29, 1.82) is 0 Å². The number of pyridine rings is 2. The highest BCUT2D eigenvalue weighted by Crippen LogP contribution is 2.44. The molecule has 2 fully saturated rings. The Labute approximate surface area is 251 Å². The van der Waals surface area contributed by atoms with Gasteiger partial charge in [0.05, 0.1) is 41.9 Å². The molecule has 7 rings (SSSR count). The number of nitrogens with one attached hydrogen (secondary N) is 2. The van der Waals surface area contributed by atoms with Crippen molar-refractivity contribution in [1.82, 2.24) is 29.5 Å². The molecule has 43 heavy (non-hydrogen) atoms. The third-order valence-electron chi connectivity index (χ3n) is 7.29. The number of rotatable bonds is 7. The molecule has 1 amide bonds. The number of aryl methyl sites for hydroxylation is 1. The molecule has 0 bridgehead atoms. The molecular weight excluding hydrogens is 566 g/mol. The quantitative estimate of drug-likeness (QED) is 0.269. The molecule has 1 aromatic carbocycles. The number of benzene rings is 1. The maximum Gasteiger partial charge on any atom is 0.342 e. The summed E-state index contributed by atoms with van der Waals surface area (Å²) in [5.41, 5.74) is 5.87. The molecule has 1 aliphatic carbocycles. The first kappa shape index (κ1) is 28.8. The van der Waals surface area contributed by atoms with Gasteiger partial charge in [-0.3, -0.25) is 18.9 Å². The summed E-state index contributed by atoms with van der Waals surface area (Å²) < 4.78 is 19.8. The zero-order valence-corrected chi connectivity index (χ0v) is 24.9. The van der Waals surface area contributed by atoms with Crippen LogP contribution in [0.2, 0.25) is 0 Å². The van der Waals surface area contributed by atoms with Crippen LogP contribution in [0.15, 0.2) is 60.9 Å². The number of nitrogens with zero attached hydrogens (tertiary/aromatic N) is 5. The van der Waals surface area contributed by atoms with E-state index in [4.69, 9.17) is 9.84 Å². The molecule has 222 valence electrons. The van der Waals surface area contributed by atoms with Gasteiger partial charge in [-0.2, -0.15) is 5.10 Å². The molecule has 5 aromatic rings. The second kappa shape index (κ2) is 12.5. The Hall–Kier alpha value is -4.26. The number of ether oxygens (including phenoxy) is 1. The predicted octanol–water partition coefficient (Wildman–Crippen LogP) is 3.83. The highest BCUT2D eigenvalue weighted by atomic mass is 32.2. The van der Waals surface area contributed by atoms with Gasteiger partial charge in [0.1, 0.15) is 29.4 Å². The van der Waals surface area contributed by atoms with E-state index in [1.165, 1.54) is 0 Å². The van der Waals surface area contributed by atoms with Crippen molar-refractivity contribution in [2.45, 2.75) is 39.2 Å². The molecule has 0 radical (unpaired) electrons. The molecule has 1 atom stereocenters. The van der Waals surface area contributed by atoms with Crippen molar-refractivity contribution < 1.29 is 18.9 Å². The van der Waals surface area contributed by atoms with Crippen LogP contribution in [0.3, 0.4) is 0 Å². The number of imidazole rings is 1. The fraction of sp³-hybridized carbons (Fsp3) is 0.323. The fourth-order valence-corrected chi connectivity index (χ4v) is 5.91. The lowest BCUT2D eigenvalue weighted by Gasteiger charge is -2.13. The van der Waals surface area contributed by atoms with Gasteiger partial charge in [-0.25, -0.2) is 9.78 Å². The van der Waals surface area contributed by atoms with Crippen LogP contribution in [0.5, 0.6) is 5.75 Å². The van der Waals surface area contributed by atoms with E-state index in [0.717, 1.165) is 52.3 Å². The van der Waals surface area contributed by atoms with Crippen LogP contribution in [-0.2, 0) is 22.5 Å². The monoisotopic (exact) mass is 599 g/mol. The van der Waals surface area contributed by atoms with Crippen molar-refractivity contribution in [3.8, 4) is 5.75 Å². The Morgan fingerprint density at radius 1 is 1.21 bits per heavy atom. The van der Waals surface area contributed by atoms with Crippen LogP contribution in [0.25, 0.3) is 16.6 Å². The zero-order chi connectivity index (χ0) is 29.9. The van der Waals surface area contributed by atoms with Gasteiger partial charge in [0, 0.05) is 47.0 Å². The smallest absolute Gasteiger partial charge is 0.342 e. The summed E-state index contributed by atoms with van der Waals surface area (Å²) in [5.74, 6) is 1.42. The lowest BCUT2D eigenvalue weighted by molar-refractivity contribution is -0.111. The molecular formula is C31H33N7O4S. The van der Waals surface area contributed by atoms with E-state index >= 15 is 0 Å². The molecule has 0 spiro atoms. The lowest BCUT2D eigenvalue weighted by Crippen LogP contribution is -2.40. The predicted molar refractivity (Wildman–Crippen MR) is 165 cm³/mol. The lowest BCUT2D eigenvalue weighted by atomic mass is 10.1. The molecule has 1 aliphatic heterocycles. The van der Waals surface area contributed by atoms with E-state index in [2.05, 4.69) is 26.7 Å². The average molecular weight is 600 g/mol. The second-order valence-electron chi connectivity index (χ2n) is 10.5. The summed E-state index contributed by atoms with van der Waals surface area (Å²) in [6.45, 7) is 6.07. The summed E-state index contributed by atoms with van der Waals surface area (Å²) in [5, 5.41) is 11.8. The molecule has 2 aliphatic rings. The minimum Gasteiger partial charge on any atom is -0.609 e. The molecule has 4 aromatic heterocycles. The van der Waals surface area contributed by atoms with Crippen molar-refractivity contribution in [3.63, 3.8) is 0 Å². The van der Waals surface area contributed by atoms with E-state index in [1.807, 2.05) is 67.2 Å². The Kier molecular flexibility index (Phi) is 8.41. The maximum absolute atomic E-state index is 13.3. The summed E-state index contributed by atoms with van der Waals surface area (Å²) >= 11 is -1.19. The molecule has 1 saturated heterocycles. The summed E-state index contributed by atoms with van der Waals surface area (Å²) in [6, 6.07) is 15.7. The van der Waals surface area contributed by atoms with Crippen molar-refractivity contribution in [3.05, 3.63) is 83.7 Å². The number of fused-ring (bicyclic) bond motifs is 2. The minimum atomic E-state index is -1.19. The Morgan fingerprint density at radius 3 is 2.77 bits per heavy atom. The van der Waals surface area contributed by atoms with Gasteiger partial charge in [0.15, 0.2) is 0 Å². The van der Waals surface area contributed by atoms with Gasteiger partial charge < -0.3 is 19.9 Å². The van der Waals surface area contributed by atoms with Crippen molar-refractivity contribution >= 4 is 44.4 Å². The molecule has 12 heteroatoms. The van der Waals surface area contributed by atoms with E-state index in [1.54, 1.807) is 10.6 Å². The van der Waals surface area contributed by atoms with Crippen LogP contribution >= 0.6 is 0 Å². The number of carbonyl (C=O) groups is 2. The first-order valence-electron chi connectivity index (χ1n) is 14.4. The van der Waals surface area contributed by atoms with Gasteiger partial charge in [0.25, 0.3) is 5.91 Å². The van der Waals surface area contributed by atoms with E-state index in [0.29, 0.717) is 42.7 Å². The molecule has 1 unspecified atom stereocenters. The van der Waals surface area contributed by atoms with Crippen LogP contribution in [0.4, 0.5) is 5.69 Å². The third kappa shape index (κ3) is 6.41. The van der Waals surface area contributed by atoms with Gasteiger partial charge in [-0.05, 0) is 57.0 Å². The number of carbonyl (C=O) groups excluding carboxylic acids is 2. The molecule has 2 N–H and O–H groups in total. The molecule has 1 saturated carbocycles. The average Bonchev–Trinajstić information content (AvgIpc) is 3.65. The molecule has 11 nitrogen and oxygen atoms in total. The maximum atomic E-state index is 13.3. The Balaban J connectivity index is 0.000000359. The van der Waals surface area contributed by atoms with Crippen molar-refractivity contribution in [2.24, 2.45) is 0 Å². The number of hydrogen-bond acceptors (Lipinski definition) is 8. The highest BCUT2D eigenvalue weighted by Gasteiger charge is 2.31. The Bertz CT molecular complexity index is 1800. The van der Waals surface area contributed by atoms with Gasteiger partial charge in [-0.15, -0.1) is 0 Å². The standard InChI is InChI=1S/C27H26N6O2.C4H7NO2S/c1-3-35-20-12-13-32-23(15-28-24(32)14-20)27(34)30-21-8-5-9-22-25(21)26(18-10-11-18)31-33(22)16-19-7-4-6-17(2)29-19;6-4-3-5-1-2-8(4)7/h4-9,12-15,18H,3,10-11,16H2,1-2H3,(H,30,34);5H,1-3H2. The van der Waals surface area contributed by atoms with Crippen LogP contribution in [0, 0.1) is 6.92 Å². The van der Waals surface area contributed by atoms with Crippen LogP contribution in [-0.4, -0.2) is 65.2 Å². The first-order valence-corrected chi connectivity index (χ1v) is 15.7. The van der Waals surface area contributed by atoms with E-state index in [-0.39, 0.29) is 17.6 Å². The second-order valence-corrected chi connectivity index (χ2v) is 12.1. The van der Waals surface area contributed by atoms with Gasteiger partial charge >= 0.3 is 5.12 Å². The minimum absolute atomic E-state index is 0.170. The summed E-state index contributed by atoms with van der Waals surface area (Å²) in [4.78, 5) is 32.8. The van der Waals surface area contributed by atoms with Crippen molar-refractivity contribution in [2.75, 3.05) is 30.8 Å². The first-order chi connectivity index (χ1) is 20.9. The normalized spacial score (nSPS) is 16.6. The number of amides is 1. The highest BCUT2D eigenvalue weighted by molar-refractivity contribution is 8.06. The summed E-state index contributed by atoms with van der Waals surface area (Å²) in [6.07, 6.45) is 5.64. The van der Waals surface area contributed by atoms with Crippen LogP contribution in [0.1, 0.15) is 53.3 Å².